The number of benzene rings is 1. The van der Waals surface area contributed by atoms with Crippen molar-refractivity contribution < 1.29 is 4.42 Å². The maximum Gasteiger partial charge on any atom is 0.195 e. The highest BCUT2D eigenvalue weighted by atomic mass is 16.3. The van der Waals surface area contributed by atoms with E-state index in [1.165, 1.54) is 5.56 Å². The van der Waals surface area contributed by atoms with Crippen LogP contribution in [0.4, 0.5) is 0 Å². The van der Waals surface area contributed by atoms with Crippen molar-refractivity contribution in [3.8, 4) is 0 Å². The highest BCUT2D eigenvalue weighted by Gasteiger charge is 1.99. The summed E-state index contributed by atoms with van der Waals surface area (Å²) in [7, 11) is 0. The van der Waals surface area contributed by atoms with Gasteiger partial charge in [-0.2, -0.15) is 0 Å². The van der Waals surface area contributed by atoms with Gasteiger partial charge in [-0.05, 0) is 24.6 Å². The fourth-order valence-corrected chi connectivity index (χ4v) is 1.09. The average molecular weight is 146 g/mol. The molecule has 1 radical (unpaired) electrons. The second-order valence-electron chi connectivity index (χ2n) is 2.58. The molecule has 0 aliphatic heterocycles. The largest absolute Gasteiger partial charge is 0.441 e. The Morgan fingerprint density at radius 3 is 3.09 bits per heavy atom. The van der Waals surface area contributed by atoms with Crippen LogP contribution in [0.2, 0.25) is 0 Å². The zero-order valence-corrected chi connectivity index (χ0v) is 6.29. The number of fused-ring (bicyclic) bond motifs is 1. The minimum atomic E-state index is 0.477. The van der Waals surface area contributed by atoms with Gasteiger partial charge in [0.2, 0.25) is 0 Å². The van der Waals surface area contributed by atoms with E-state index in [-0.39, 0.29) is 0 Å². The monoisotopic (exact) mass is 146 g/mol. The zero-order valence-electron chi connectivity index (χ0n) is 6.29. The Hall–Kier alpha value is -1.31. The fraction of sp³-hybridized carbons (Fsp3) is 0.111. The summed E-state index contributed by atoms with van der Waals surface area (Å²) in [5.74, 6) is 0.477. The third kappa shape index (κ3) is 1.00. The van der Waals surface area contributed by atoms with Crippen LogP contribution < -0.4 is 0 Å². The highest BCUT2D eigenvalue weighted by Crippen LogP contribution is 2.15. The van der Waals surface area contributed by atoms with E-state index < -0.39 is 0 Å². The van der Waals surface area contributed by atoms with Gasteiger partial charge in [0, 0.05) is 6.92 Å². The van der Waals surface area contributed by atoms with Gasteiger partial charge < -0.3 is 4.42 Å². The van der Waals surface area contributed by atoms with Crippen LogP contribution in [-0.4, -0.2) is 4.98 Å². The second-order valence-corrected chi connectivity index (χ2v) is 2.58. The molecule has 0 N–H and O–H groups in total. The molecule has 11 heavy (non-hydrogen) atoms. The minimum absolute atomic E-state index is 0.477. The molecule has 1 heterocycles. The average Bonchev–Trinajstić information content (AvgIpc) is 2.27. The van der Waals surface area contributed by atoms with Crippen LogP contribution in [0.25, 0.3) is 11.1 Å². The molecule has 55 valence electrons. The van der Waals surface area contributed by atoms with Gasteiger partial charge in [0.05, 0.1) is 0 Å². The Kier molecular flexibility index (Phi) is 1.22. The standard InChI is InChI=1S/C9H8NO/c1-6-3-4-9-8(5-6)10-7(2)11-9/h3-5H,2H2,1H3. The summed E-state index contributed by atoms with van der Waals surface area (Å²) in [6.45, 7) is 5.63. The number of aryl methyl sites for hydroxylation is 1. The van der Waals surface area contributed by atoms with Gasteiger partial charge in [-0.25, -0.2) is 4.98 Å². The lowest BCUT2D eigenvalue weighted by atomic mass is 10.2. The molecule has 1 aromatic heterocycles. The lowest BCUT2D eigenvalue weighted by Crippen LogP contribution is -1.71. The summed E-state index contributed by atoms with van der Waals surface area (Å²) < 4.78 is 5.20. The summed E-state index contributed by atoms with van der Waals surface area (Å²) in [5.41, 5.74) is 2.88. The van der Waals surface area contributed by atoms with Crippen LogP contribution in [-0.2, 0) is 0 Å². The first-order valence-electron chi connectivity index (χ1n) is 3.45. The number of oxazole rings is 1. The van der Waals surface area contributed by atoms with Crippen molar-refractivity contribution in [1.29, 1.82) is 0 Å². The van der Waals surface area contributed by atoms with E-state index in [9.17, 15) is 0 Å². The van der Waals surface area contributed by atoms with E-state index in [0.717, 1.165) is 11.1 Å². The third-order valence-electron chi connectivity index (χ3n) is 1.59. The molecular formula is C9H8NO. The topological polar surface area (TPSA) is 26.0 Å². The number of hydrogen-bond acceptors (Lipinski definition) is 2. The van der Waals surface area contributed by atoms with Crippen LogP contribution in [0.3, 0.4) is 0 Å². The summed E-state index contributed by atoms with van der Waals surface area (Å²) >= 11 is 0. The van der Waals surface area contributed by atoms with Crippen molar-refractivity contribution in [2.24, 2.45) is 0 Å². The van der Waals surface area contributed by atoms with E-state index in [1.54, 1.807) is 0 Å². The maximum absolute atomic E-state index is 5.20. The Balaban J connectivity index is 2.82. The molecule has 0 atom stereocenters. The van der Waals surface area contributed by atoms with Gasteiger partial charge in [-0.15, -0.1) is 0 Å². The molecule has 0 saturated carbocycles. The molecular weight excluding hydrogens is 138 g/mol. The molecule has 0 saturated heterocycles. The van der Waals surface area contributed by atoms with Crippen molar-refractivity contribution in [3.05, 3.63) is 36.6 Å². The fourth-order valence-electron chi connectivity index (χ4n) is 1.09. The van der Waals surface area contributed by atoms with Gasteiger partial charge in [0.1, 0.15) is 5.52 Å². The predicted octanol–water partition coefficient (Wildman–Crippen LogP) is 2.32. The van der Waals surface area contributed by atoms with Crippen LogP contribution >= 0.6 is 0 Å². The number of rotatable bonds is 0. The van der Waals surface area contributed by atoms with E-state index in [4.69, 9.17) is 4.42 Å². The Labute approximate surface area is 64.9 Å². The predicted molar refractivity (Wildman–Crippen MR) is 43.2 cm³/mol. The van der Waals surface area contributed by atoms with E-state index in [1.807, 2.05) is 25.1 Å². The Morgan fingerprint density at radius 2 is 2.27 bits per heavy atom. The lowest BCUT2D eigenvalue weighted by Gasteiger charge is -1.87. The molecule has 0 fully saturated rings. The maximum atomic E-state index is 5.20. The van der Waals surface area contributed by atoms with Gasteiger partial charge in [-0.1, -0.05) is 6.07 Å². The van der Waals surface area contributed by atoms with Gasteiger partial charge in [0.15, 0.2) is 11.5 Å². The van der Waals surface area contributed by atoms with E-state index in [2.05, 4.69) is 11.9 Å². The summed E-state index contributed by atoms with van der Waals surface area (Å²) in [4.78, 5) is 4.10. The van der Waals surface area contributed by atoms with Gasteiger partial charge in [0.25, 0.3) is 0 Å². The Morgan fingerprint density at radius 1 is 1.45 bits per heavy atom. The van der Waals surface area contributed by atoms with Crippen LogP contribution in [0.5, 0.6) is 0 Å². The molecule has 2 heteroatoms. The van der Waals surface area contributed by atoms with E-state index >= 15 is 0 Å². The van der Waals surface area contributed by atoms with E-state index in [0.29, 0.717) is 5.89 Å². The van der Waals surface area contributed by atoms with Crippen LogP contribution in [0, 0.1) is 13.8 Å². The molecule has 1 aromatic carbocycles. The van der Waals surface area contributed by atoms with Crippen LogP contribution in [0.15, 0.2) is 22.6 Å². The van der Waals surface area contributed by atoms with Gasteiger partial charge >= 0.3 is 0 Å². The summed E-state index contributed by atoms with van der Waals surface area (Å²) in [5, 5.41) is 0. The molecule has 2 rings (SSSR count). The first-order chi connectivity index (χ1) is 5.25. The van der Waals surface area contributed by atoms with Crippen molar-refractivity contribution in [2.75, 3.05) is 0 Å². The molecule has 0 bridgehead atoms. The number of aromatic nitrogens is 1. The molecule has 0 aliphatic rings. The zero-order chi connectivity index (χ0) is 7.84. The molecule has 0 amide bonds. The first kappa shape index (κ1) is 6.40. The summed E-state index contributed by atoms with van der Waals surface area (Å²) in [6, 6.07) is 5.88. The van der Waals surface area contributed by atoms with Crippen molar-refractivity contribution in [1.82, 2.24) is 4.98 Å². The van der Waals surface area contributed by atoms with Crippen molar-refractivity contribution >= 4 is 11.1 Å². The molecule has 0 aliphatic carbocycles. The third-order valence-corrected chi connectivity index (χ3v) is 1.59. The SMILES string of the molecule is [CH2]c1nc2cc(C)ccc2o1. The van der Waals surface area contributed by atoms with Crippen molar-refractivity contribution in [3.63, 3.8) is 0 Å². The molecule has 0 spiro atoms. The number of nitrogens with zero attached hydrogens (tertiary/aromatic N) is 1. The molecule has 2 aromatic rings. The van der Waals surface area contributed by atoms with Gasteiger partial charge in [-0.3, -0.25) is 0 Å². The number of hydrogen-bond donors (Lipinski definition) is 0. The second kappa shape index (κ2) is 2.09. The lowest BCUT2D eigenvalue weighted by molar-refractivity contribution is 0.579. The normalized spacial score (nSPS) is 10.7. The first-order valence-corrected chi connectivity index (χ1v) is 3.45. The van der Waals surface area contributed by atoms with Crippen LogP contribution in [0.1, 0.15) is 11.5 Å². The highest BCUT2D eigenvalue weighted by molar-refractivity contribution is 5.73. The minimum Gasteiger partial charge on any atom is -0.441 e. The quantitative estimate of drug-likeness (QED) is 0.570. The Bertz CT molecular complexity index is 389. The molecule has 0 unspecified atom stereocenters. The van der Waals surface area contributed by atoms with Crippen molar-refractivity contribution in [2.45, 2.75) is 6.92 Å². The smallest absolute Gasteiger partial charge is 0.195 e. The summed E-state index contributed by atoms with van der Waals surface area (Å²) in [6.07, 6.45) is 0. The molecule has 2 nitrogen and oxygen atoms in total.